The molecule has 0 bridgehead atoms. The Morgan fingerprint density at radius 3 is 2.61 bits per heavy atom. The zero-order valence-electron chi connectivity index (χ0n) is 15.8. The maximum absolute atomic E-state index is 13.5. The topological polar surface area (TPSA) is 76.1 Å². The van der Waals surface area contributed by atoms with E-state index >= 15 is 0 Å². The number of aliphatic carboxylic acids is 1. The lowest BCUT2D eigenvalue weighted by Crippen LogP contribution is -2.42. The molecule has 1 amide bonds. The van der Waals surface area contributed by atoms with Gasteiger partial charge in [0, 0.05) is 12.1 Å². The Labute approximate surface area is 162 Å². The number of carbonyl (C=O) groups excluding carboxylic acids is 1. The summed E-state index contributed by atoms with van der Waals surface area (Å²) in [6.07, 6.45) is -0.381. The Bertz CT molecular complexity index is 875. The van der Waals surface area contributed by atoms with Gasteiger partial charge in [-0.1, -0.05) is 12.1 Å². The Morgan fingerprint density at radius 2 is 1.96 bits per heavy atom. The molecule has 1 aliphatic heterocycles. The van der Waals surface area contributed by atoms with Crippen molar-refractivity contribution < 1.29 is 28.6 Å². The van der Waals surface area contributed by atoms with Gasteiger partial charge >= 0.3 is 5.97 Å². The van der Waals surface area contributed by atoms with E-state index in [1.54, 1.807) is 43.0 Å². The number of halogens is 1. The molecule has 1 unspecified atom stereocenters. The van der Waals surface area contributed by atoms with Gasteiger partial charge in [-0.05, 0) is 54.8 Å². The summed E-state index contributed by atoms with van der Waals surface area (Å²) < 4.78 is 24.5. The van der Waals surface area contributed by atoms with Gasteiger partial charge in [0.1, 0.15) is 17.7 Å². The second kappa shape index (κ2) is 8.39. The van der Waals surface area contributed by atoms with Crippen molar-refractivity contribution in [2.75, 3.05) is 26.3 Å². The largest absolute Gasteiger partial charge is 0.481 e. The molecule has 0 radical (unpaired) electrons. The lowest BCUT2D eigenvalue weighted by molar-refractivity contribution is -0.139. The van der Waals surface area contributed by atoms with Gasteiger partial charge in [0.05, 0.1) is 13.2 Å². The molecule has 1 fully saturated rings. The summed E-state index contributed by atoms with van der Waals surface area (Å²) in [5.74, 6) is -1.08. The maximum Gasteiger partial charge on any atom is 0.341 e. The van der Waals surface area contributed by atoms with E-state index < -0.39 is 12.6 Å². The molecule has 0 spiro atoms. The molecule has 0 saturated carbocycles. The van der Waals surface area contributed by atoms with E-state index in [1.807, 2.05) is 0 Å². The average molecular weight is 387 g/mol. The lowest BCUT2D eigenvalue weighted by atomic mass is 10.0. The minimum absolute atomic E-state index is 0.152. The molecule has 3 rings (SSSR count). The summed E-state index contributed by atoms with van der Waals surface area (Å²) in [7, 11) is 0. The van der Waals surface area contributed by atoms with Gasteiger partial charge in [0.2, 0.25) is 0 Å². The number of hydrogen-bond donors (Lipinski definition) is 1. The molecular weight excluding hydrogens is 365 g/mol. The summed E-state index contributed by atoms with van der Waals surface area (Å²) >= 11 is 0. The van der Waals surface area contributed by atoms with Gasteiger partial charge in [-0.2, -0.15) is 0 Å². The number of morpholine rings is 1. The maximum atomic E-state index is 13.5. The van der Waals surface area contributed by atoms with Crippen molar-refractivity contribution in [2.45, 2.75) is 20.0 Å². The van der Waals surface area contributed by atoms with E-state index in [0.29, 0.717) is 47.7 Å². The minimum Gasteiger partial charge on any atom is -0.481 e. The van der Waals surface area contributed by atoms with Gasteiger partial charge < -0.3 is 19.5 Å². The van der Waals surface area contributed by atoms with Gasteiger partial charge in [-0.25, -0.2) is 9.18 Å². The van der Waals surface area contributed by atoms with Crippen molar-refractivity contribution in [3.05, 3.63) is 64.5 Å². The smallest absolute Gasteiger partial charge is 0.341 e. The molecule has 6 nitrogen and oxygen atoms in total. The second-order valence-corrected chi connectivity index (χ2v) is 6.79. The van der Waals surface area contributed by atoms with Gasteiger partial charge in [0.25, 0.3) is 5.91 Å². The van der Waals surface area contributed by atoms with Crippen LogP contribution in [0.25, 0.3) is 0 Å². The summed E-state index contributed by atoms with van der Waals surface area (Å²) in [6.45, 7) is 4.25. The van der Waals surface area contributed by atoms with Crippen LogP contribution in [-0.2, 0) is 9.53 Å². The van der Waals surface area contributed by atoms with Crippen molar-refractivity contribution >= 4 is 11.9 Å². The normalized spacial score (nSPS) is 16.7. The first-order chi connectivity index (χ1) is 13.3. The van der Waals surface area contributed by atoms with E-state index in [1.165, 1.54) is 12.1 Å². The number of hydrogen-bond acceptors (Lipinski definition) is 4. The third kappa shape index (κ3) is 4.48. The highest BCUT2D eigenvalue weighted by molar-refractivity contribution is 5.95. The average Bonchev–Trinajstić information content (AvgIpc) is 2.66. The van der Waals surface area contributed by atoms with Crippen LogP contribution in [0.5, 0.6) is 5.75 Å². The predicted molar refractivity (Wildman–Crippen MR) is 100 cm³/mol. The summed E-state index contributed by atoms with van der Waals surface area (Å²) in [6, 6.07) is 9.58. The monoisotopic (exact) mass is 387 g/mol. The Balaban J connectivity index is 1.76. The third-order valence-corrected chi connectivity index (χ3v) is 4.62. The van der Waals surface area contributed by atoms with Crippen molar-refractivity contribution in [3.8, 4) is 5.75 Å². The first-order valence-corrected chi connectivity index (χ1v) is 8.97. The number of nitrogens with zero attached hydrogens (tertiary/aromatic N) is 1. The molecule has 2 aromatic carbocycles. The van der Waals surface area contributed by atoms with Crippen LogP contribution in [0.3, 0.4) is 0 Å². The Hall–Kier alpha value is -2.93. The number of aryl methyl sites for hydroxylation is 2. The van der Waals surface area contributed by atoms with Crippen LogP contribution >= 0.6 is 0 Å². The molecule has 7 heteroatoms. The SMILES string of the molecule is Cc1cc(C(=O)N2CCOC(c3cccc(F)c3)C2)cc(C)c1OCC(=O)O. The fourth-order valence-electron chi connectivity index (χ4n) is 3.36. The van der Waals surface area contributed by atoms with E-state index in [-0.39, 0.29) is 17.8 Å². The van der Waals surface area contributed by atoms with Crippen LogP contribution in [0.15, 0.2) is 36.4 Å². The number of benzene rings is 2. The van der Waals surface area contributed by atoms with Crippen LogP contribution in [0.4, 0.5) is 4.39 Å². The number of carboxylic acid groups (broad SMARTS) is 1. The number of amides is 1. The first-order valence-electron chi connectivity index (χ1n) is 8.97. The standard InChI is InChI=1S/C21H22FNO5/c1-13-8-16(9-14(2)20(13)28-12-19(24)25)21(26)23-6-7-27-18(11-23)15-4-3-5-17(22)10-15/h3-5,8-10,18H,6-7,11-12H2,1-2H3,(H,24,25). The summed E-state index contributed by atoms with van der Waals surface area (Å²) in [5, 5.41) is 8.78. The third-order valence-electron chi connectivity index (χ3n) is 4.62. The Kier molecular flexibility index (Phi) is 5.94. The van der Waals surface area contributed by atoms with Crippen LogP contribution < -0.4 is 4.74 Å². The molecule has 28 heavy (non-hydrogen) atoms. The molecule has 1 saturated heterocycles. The highest BCUT2D eigenvalue weighted by Crippen LogP contribution is 2.28. The molecule has 0 aromatic heterocycles. The number of ether oxygens (including phenoxy) is 2. The number of rotatable bonds is 5. The van der Waals surface area contributed by atoms with Crippen molar-refractivity contribution in [3.63, 3.8) is 0 Å². The summed E-state index contributed by atoms with van der Waals surface area (Å²) in [5.41, 5.74) is 2.58. The first kappa shape index (κ1) is 19.8. The highest BCUT2D eigenvalue weighted by atomic mass is 19.1. The lowest BCUT2D eigenvalue weighted by Gasteiger charge is -2.33. The molecular formula is C21H22FNO5. The van der Waals surface area contributed by atoms with Crippen LogP contribution in [0.1, 0.15) is 33.2 Å². The molecule has 1 aliphatic rings. The molecule has 0 aliphatic carbocycles. The highest BCUT2D eigenvalue weighted by Gasteiger charge is 2.27. The quantitative estimate of drug-likeness (QED) is 0.853. The van der Waals surface area contributed by atoms with Crippen LogP contribution in [0.2, 0.25) is 0 Å². The molecule has 148 valence electrons. The van der Waals surface area contributed by atoms with Crippen molar-refractivity contribution in [1.29, 1.82) is 0 Å². The fourth-order valence-corrected chi connectivity index (χ4v) is 3.36. The minimum atomic E-state index is -1.06. The van der Waals surface area contributed by atoms with E-state index in [4.69, 9.17) is 14.6 Å². The van der Waals surface area contributed by atoms with Gasteiger partial charge in [-0.3, -0.25) is 4.79 Å². The molecule has 1 atom stereocenters. The van der Waals surface area contributed by atoms with Gasteiger partial charge in [0.15, 0.2) is 6.61 Å². The van der Waals surface area contributed by atoms with Crippen LogP contribution in [0, 0.1) is 19.7 Å². The molecule has 1 heterocycles. The van der Waals surface area contributed by atoms with Crippen molar-refractivity contribution in [1.82, 2.24) is 4.90 Å². The van der Waals surface area contributed by atoms with E-state index in [2.05, 4.69) is 0 Å². The second-order valence-electron chi connectivity index (χ2n) is 6.79. The number of carboxylic acids is 1. The zero-order valence-corrected chi connectivity index (χ0v) is 15.8. The van der Waals surface area contributed by atoms with Crippen molar-refractivity contribution in [2.24, 2.45) is 0 Å². The molecule has 2 aromatic rings. The fraction of sp³-hybridized carbons (Fsp3) is 0.333. The summed E-state index contributed by atoms with van der Waals surface area (Å²) in [4.78, 5) is 25.4. The van der Waals surface area contributed by atoms with Crippen LogP contribution in [-0.4, -0.2) is 48.2 Å². The number of carbonyl (C=O) groups is 2. The molecule has 1 N–H and O–H groups in total. The van der Waals surface area contributed by atoms with Gasteiger partial charge in [-0.15, -0.1) is 0 Å². The van der Waals surface area contributed by atoms with E-state index in [9.17, 15) is 14.0 Å². The Morgan fingerprint density at radius 1 is 1.25 bits per heavy atom. The van der Waals surface area contributed by atoms with E-state index in [0.717, 1.165) is 0 Å². The predicted octanol–water partition coefficient (Wildman–Crippen LogP) is 3.12. The zero-order chi connectivity index (χ0) is 20.3.